The predicted molar refractivity (Wildman–Crippen MR) is 106 cm³/mol. The lowest BCUT2D eigenvalue weighted by Crippen LogP contribution is -2.18. The number of benzene rings is 1. The Morgan fingerprint density at radius 3 is 2.45 bits per heavy atom. The van der Waals surface area contributed by atoms with Gasteiger partial charge in [-0.1, -0.05) is 12.1 Å². The second-order valence-electron chi connectivity index (χ2n) is 5.87. The minimum Gasteiger partial charge on any atom is -0.497 e. The molecule has 2 heterocycles. The highest BCUT2D eigenvalue weighted by Crippen LogP contribution is 2.31. The molecule has 0 atom stereocenters. The van der Waals surface area contributed by atoms with Crippen molar-refractivity contribution < 1.29 is 23.7 Å². The van der Waals surface area contributed by atoms with Crippen LogP contribution in [0.1, 0.15) is 16.1 Å². The molecule has 2 aromatic heterocycles. The molecule has 0 saturated heterocycles. The Morgan fingerprint density at radius 2 is 1.76 bits per heavy atom. The van der Waals surface area contributed by atoms with Gasteiger partial charge in [0.25, 0.3) is 11.8 Å². The number of aromatic nitrogens is 2. The number of carbonyl (C=O) groups excluding carboxylic acids is 1. The highest BCUT2D eigenvalue weighted by Gasteiger charge is 2.11. The maximum Gasteiger partial charge on any atom is 0.269 e. The zero-order valence-electron chi connectivity index (χ0n) is 16.3. The summed E-state index contributed by atoms with van der Waals surface area (Å²) in [7, 11) is 4.68. The SMILES string of the molecule is COc1ccc(COc2ncc(Oc3ccnc(C(=O)N[11CH3])c3)cc2OC)cc1. The van der Waals surface area contributed by atoms with Gasteiger partial charge in [0.05, 0.1) is 20.4 Å². The molecule has 1 amide bonds. The molecule has 8 heteroatoms. The van der Waals surface area contributed by atoms with Gasteiger partial charge in [0, 0.05) is 25.4 Å². The van der Waals surface area contributed by atoms with Gasteiger partial charge >= 0.3 is 0 Å². The van der Waals surface area contributed by atoms with Crippen molar-refractivity contribution in [1.82, 2.24) is 15.3 Å². The third-order valence-corrected chi connectivity index (χ3v) is 3.97. The monoisotopic (exact) mass is 394 g/mol. The second-order valence-corrected chi connectivity index (χ2v) is 5.87. The van der Waals surface area contributed by atoms with Gasteiger partial charge < -0.3 is 24.3 Å². The van der Waals surface area contributed by atoms with Crippen LogP contribution in [0.25, 0.3) is 0 Å². The molecule has 0 aliphatic carbocycles. The van der Waals surface area contributed by atoms with Gasteiger partial charge in [-0.15, -0.1) is 0 Å². The van der Waals surface area contributed by atoms with Crippen molar-refractivity contribution in [2.24, 2.45) is 0 Å². The fraction of sp³-hybridized carbons (Fsp3) is 0.190. The molecule has 3 aromatic rings. The van der Waals surface area contributed by atoms with E-state index in [9.17, 15) is 4.79 Å². The van der Waals surface area contributed by atoms with E-state index in [2.05, 4.69) is 15.3 Å². The first-order valence-electron chi connectivity index (χ1n) is 8.78. The summed E-state index contributed by atoms with van der Waals surface area (Å²) in [5.74, 6) is 2.14. The number of nitrogens with zero attached hydrogens (tertiary/aromatic N) is 2. The Hall–Kier alpha value is -3.81. The lowest BCUT2D eigenvalue weighted by Gasteiger charge is -2.12. The van der Waals surface area contributed by atoms with Crippen LogP contribution in [0.3, 0.4) is 0 Å². The third-order valence-electron chi connectivity index (χ3n) is 3.97. The standard InChI is InChI=1S/C21H21N3O5/c1-22-20(25)18-10-16(8-9-23-18)29-17-11-19(27-3)21(24-12-17)28-13-14-4-6-15(26-2)7-5-14/h4-12H,13H2,1-3H3,(H,22,25)/i1-1. The van der Waals surface area contributed by atoms with Crippen molar-refractivity contribution in [3.05, 3.63) is 66.1 Å². The molecule has 0 radical (unpaired) electrons. The molecular weight excluding hydrogens is 373 g/mol. The van der Waals surface area contributed by atoms with Crippen LogP contribution in [0.15, 0.2) is 54.9 Å². The van der Waals surface area contributed by atoms with Gasteiger partial charge in [0.2, 0.25) is 0 Å². The smallest absolute Gasteiger partial charge is 0.269 e. The fourth-order valence-electron chi connectivity index (χ4n) is 2.46. The largest absolute Gasteiger partial charge is 0.497 e. The number of carbonyl (C=O) groups is 1. The van der Waals surface area contributed by atoms with Gasteiger partial charge in [-0.3, -0.25) is 9.78 Å². The van der Waals surface area contributed by atoms with E-state index >= 15 is 0 Å². The van der Waals surface area contributed by atoms with E-state index in [0.29, 0.717) is 29.7 Å². The summed E-state index contributed by atoms with van der Waals surface area (Å²) in [6.07, 6.45) is 3.02. The second kappa shape index (κ2) is 9.41. The van der Waals surface area contributed by atoms with Crippen molar-refractivity contribution in [1.29, 1.82) is 0 Å². The van der Waals surface area contributed by atoms with Crippen LogP contribution in [-0.4, -0.2) is 37.1 Å². The lowest BCUT2D eigenvalue weighted by atomic mass is 10.2. The van der Waals surface area contributed by atoms with Crippen molar-refractivity contribution >= 4 is 5.91 Å². The van der Waals surface area contributed by atoms with Crippen LogP contribution in [0, 0.1) is 0 Å². The number of methoxy groups -OCH3 is 2. The van der Waals surface area contributed by atoms with Crippen LogP contribution < -0.4 is 24.3 Å². The van der Waals surface area contributed by atoms with Crippen LogP contribution in [0.5, 0.6) is 28.9 Å². The van der Waals surface area contributed by atoms with Crippen molar-refractivity contribution in [3.8, 4) is 28.9 Å². The molecule has 0 saturated carbocycles. The Balaban J connectivity index is 1.70. The minimum absolute atomic E-state index is 0.254. The first-order valence-corrected chi connectivity index (χ1v) is 8.78. The molecule has 0 spiro atoms. The summed E-state index contributed by atoms with van der Waals surface area (Å²) < 4.78 is 22.0. The summed E-state index contributed by atoms with van der Waals surface area (Å²) in [5, 5.41) is 2.52. The summed E-state index contributed by atoms with van der Waals surface area (Å²) >= 11 is 0. The van der Waals surface area contributed by atoms with Crippen molar-refractivity contribution in [2.45, 2.75) is 6.61 Å². The summed E-state index contributed by atoms with van der Waals surface area (Å²) in [6.45, 7) is 0.327. The van der Waals surface area contributed by atoms with Gasteiger partial charge in [0.1, 0.15) is 29.5 Å². The van der Waals surface area contributed by atoms with E-state index in [1.54, 1.807) is 25.3 Å². The number of hydrogen-bond acceptors (Lipinski definition) is 7. The van der Waals surface area contributed by atoms with Crippen molar-refractivity contribution in [3.63, 3.8) is 0 Å². The first-order chi connectivity index (χ1) is 14.1. The number of pyridine rings is 2. The van der Waals surface area contributed by atoms with E-state index in [0.717, 1.165) is 11.3 Å². The topological polar surface area (TPSA) is 91.8 Å². The van der Waals surface area contributed by atoms with Gasteiger partial charge in [-0.05, 0) is 23.8 Å². The maximum absolute atomic E-state index is 11.7. The lowest BCUT2D eigenvalue weighted by molar-refractivity contribution is 0.0958. The van der Waals surface area contributed by atoms with E-state index in [1.165, 1.54) is 26.6 Å². The zero-order valence-corrected chi connectivity index (χ0v) is 16.3. The van der Waals surface area contributed by atoms with Crippen LogP contribution in [0.2, 0.25) is 0 Å². The number of amides is 1. The van der Waals surface area contributed by atoms with Gasteiger partial charge in [-0.2, -0.15) is 0 Å². The maximum atomic E-state index is 11.7. The number of ether oxygens (including phenoxy) is 4. The Labute approximate surface area is 168 Å². The molecule has 0 aliphatic heterocycles. The number of rotatable bonds is 8. The average Bonchev–Trinajstić information content (AvgIpc) is 2.78. The molecule has 0 aliphatic rings. The first kappa shape index (κ1) is 19.9. The van der Waals surface area contributed by atoms with Gasteiger partial charge in [0.15, 0.2) is 5.75 Å². The molecule has 29 heavy (non-hydrogen) atoms. The molecule has 0 bridgehead atoms. The average molecular weight is 394 g/mol. The number of hydrogen-bond donors (Lipinski definition) is 1. The summed E-state index contributed by atoms with van der Waals surface area (Å²) in [6, 6.07) is 12.4. The molecule has 150 valence electrons. The molecule has 8 nitrogen and oxygen atoms in total. The molecule has 0 unspecified atom stereocenters. The summed E-state index contributed by atoms with van der Waals surface area (Å²) in [4.78, 5) is 20.0. The summed E-state index contributed by atoms with van der Waals surface area (Å²) in [5.41, 5.74) is 1.22. The molecular formula is C21H21N3O5. The molecule has 0 fully saturated rings. The highest BCUT2D eigenvalue weighted by atomic mass is 16.5. The van der Waals surface area contributed by atoms with Crippen LogP contribution >= 0.6 is 0 Å². The van der Waals surface area contributed by atoms with Crippen LogP contribution in [-0.2, 0) is 6.61 Å². The predicted octanol–water partition coefficient (Wildman–Crippen LogP) is 3.22. The zero-order chi connectivity index (χ0) is 20.6. The minimum atomic E-state index is -0.298. The molecule has 1 aromatic carbocycles. The van der Waals surface area contributed by atoms with Crippen LogP contribution in [0.4, 0.5) is 0 Å². The van der Waals surface area contributed by atoms with E-state index in [-0.39, 0.29) is 11.6 Å². The van der Waals surface area contributed by atoms with E-state index in [1.807, 2.05) is 24.3 Å². The quantitative estimate of drug-likeness (QED) is 0.627. The molecule has 3 rings (SSSR count). The third kappa shape index (κ3) is 5.13. The Bertz CT molecular complexity index is 976. The van der Waals surface area contributed by atoms with Gasteiger partial charge in [-0.25, -0.2) is 4.98 Å². The van der Waals surface area contributed by atoms with Crippen molar-refractivity contribution in [2.75, 3.05) is 21.3 Å². The fourth-order valence-corrected chi connectivity index (χ4v) is 2.46. The van der Waals surface area contributed by atoms with E-state index < -0.39 is 0 Å². The number of nitrogens with one attached hydrogen (secondary N) is 1. The molecule has 1 N–H and O–H groups in total. The Morgan fingerprint density at radius 1 is 0.966 bits per heavy atom. The highest BCUT2D eigenvalue weighted by molar-refractivity contribution is 5.92. The van der Waals surface area contributed by atoms with E-state index in [4.69, 9.17) is 18.9 Å². The Kier molecular flexibility index (Phi) is 6.47. The normalized spacial score (nSPS) is 10.2.